The Bertz CT molecular complexity index is 377. The average Bonchev–Trinajstić information content (AvgIpc) is 2.16. The fourth-order valence-electron chi connectivity index (χ4n) is 1.34. The van der Waals surface area contributed by atoms with Gasteiger partial charge in [-0.3, -0.25) is 4.79 Å². The molecule has 0 unspecified atom stereocenters. The monoisotopic (exact) mass is 233 g/mol. The summed E-state index contributed by atoms with van der Waals surface area (Å²) in [6.45, 7) is 0. The maximum atomic E-state index is 12.8. The highest BCUT2D eigenvalue weighted by molar-refractivity contribution is 5.69. The van der Waals surface area contributed by atoms with E-state index in [1.165, 1.54) is 18.2 Å². The molecule has 0 aliphatic carbocycles. The molecule has 0 bridgehead atoms. The Morgan fingerprint density at radius 1 is 1.25 bits per heavy atom. The normalized spacial score (nSPS) is 15.5. The summed E-state index contributed by atoms with van der Waals surface area (Å²) in [7, 11) is 0. The number of rotatable bonds is 3. The molecule has 0 aromatic heterocycles. The van der Waals surface area contributed by atoms with Crippen LogP contribution < -0.4 is 5.73 Å². The summed E-state index contributed by atoms with van der Waals surface area (Å²) < 4.78 is 38.3. The number of hydrogen-bond acceptors (Lipinski definition) is 2. The first kappa shape index (κ1) is 12.5. The first-order chi connectivity index (χ1) is 7.27. The molecule has 0 amide bonds. The van der Waals surface area contributed by atoms with Gasteiger partial charge in [-0.1, -0.05) is 30.3 Å². The van der Waals surface area contributed by atoms with Gasteiger partial charge in [0.05, 0.1) is 6.42 Å². The Morgan fingerprint density at radius 3 is 2.12 bits per heavy atom. The molecule has 0 saturated heterocycles. The van der Waals surface area contributed by atoms with E-state index >= 15 is 0 Å². The standard InChI is InChI=1S/C10H10F3NO2/c11-10(12,13)9(14,6-8(15)16)7-4-2-1-3-5-7/h1-5H,6,14H2,(H,15,16)/t9-/m0/s1. The van der Waals surface area contributed by atoms with Gasteiger partial charge in [0.15, 0.2) is 0 Å². The Balaban J connectivity index is 3.21. The van der Waals surface area contributed by atoms with Crippen LogP contribution in [-0.4, -0.2) is 17.3 Å². The van der Waals surface area contributed by atoms with E-state index in [1.54, 1.807) is 0 Å². The summed E-state index contributed by atoms with van der Waals surface area (Å²) in [5.74, 6) is -1.59. The molecule has 0 aliphatic rings. The lowest BCUT2D eigenvalue weighted by Gasteiger charge is -2.30. The van der Waals surface area contributed by atoms with E-state index in [0.717, 1.165) is 12.1 Å². The Labute approximate surface area is 89.7 Å². The lowest BCUT2D eigenvalue weighted by molar-refractivity contribution is -0.196. The lowest BCUT2D eigenvalue weighted by Crippen LogP contribution is -2.51. The van der Waals surface area contributed by atoms with Gasteiger partial charge in [0, 0.05) is 0 Å². The summed E-state index contributed by atoms with van der Waals surface area (Å²) in [6.07, 6.45) is -6.01. The Kier molecular flexibility index (Phi) is 3.23. The molecule has 6 heteroatoms. The molecule has 1 aromatic carbocycles. The SMILES string of the molecule is N[C@@](CC(=O)O)(c1ccccc1)C(F)(F)F. The van der Waals surface area contributed by atoms with Crippen LogP contribution in [-0.2, 0) is 10.3 Å². The van der Waals surface area contributed by atoms with Crippen LogP contribution >= 0.6 is 0 Å². The maximum Gasteiger partial charge on any atom is 0.411 e. The van der Waals surface area contributed by atoms with E-state index in [9.17, 15) is 18.0 Å². The molecule has 0 fully saturated rings. The topological polar surface area (TPSA) is 63.3 Å². The number of nitrogens with two attached hydrogens (primary N) is 1. The Hall–Kier alpha value is -1.56. The van der Waals surface area contributed by atoms with E-state index in [1.807, 2.05) is 0 Å². The number of halogens is 3. The van der Waals surface area contributed by atoms with Crippen LogP contribution in [0.4, 0.5) is 13.2 Å². The van der Waals surface area contributed by atoms with Gasteiger partial charge in [-0.15, -0.1) is 0 Å². The van der Waals surface area contributed by atoms with Crippen LogP contribution in [0.1, 0.15) is 12.0 Å². The van der Waals surface area contributed by atoms with Gasteiger partial charge in [0.2, 0.25) is 0 Å². The van der Waals surface area contributed by atoms with E-state index < -0.39 is 24.1 Å². The van der Waals surface area contributed by atoms with Crippen LogP contribution in [0.2, 0.25) is 0 Å². The number of benzene rings is 1. The molecule has 0 heterocycles. The number of alkyl halides is 3. The summed E-state index contributed by atoms with van der Waals surface area (Å²) in [4.78, 5) is 10.5. The van der Waals surface area contributed by atoms with Crippen LogP contribution in [0.3, 0.4) is 0 Å². The second-order valence-electron chi connectivity index (χ2n) is 3.41. The van der Waals surface area contributed by atoms with Crippen molar-refractivity contribution in [1.82, 2.24) is 0 Å². The predicted molar refractivity (Wildman–Crippen MR) is 50.6 cm³/mol. The lowest BCUT2D eigenvalue weighted by atomic mass is 9.87. The second-order valence-corrected chi connectivity index (χ2v) is 3.41. The van der Waals surface area contributed by atoms with Crippen LogP contribution in [0, 0.1) is 0 Å². The highest BCUT2D eigenvalue weighted by Crippen LogP contribution is 2.39. The minimum atomic E-state index is -4.81. The van der Waals surface area contributed by atoms with Gasteiger partial charge in [0.25, 0.3) is 0 Å². The van der Waals surface area contributed by atoms with Gasteiger partial charge in [-0.05, 0) is 5.56 Å². The number of hydrogen-bond donors (Lipinski definition) is 2. The zero-order valence-electron chi connectivity index (χ0n) is 8.16. The molecule has 16 heavy (non-hydrogen) atoms. The van der Waals surface area contributed by atoms with E-state index in [0.29, 0.717) is 0 Å². The van der Waals surface area contributed by atoms with Crippen molar-refractivity contribution in [3.63, 3.8) is 0 Å². The van der Waals surface area contributed by atoms with Gasteiger partial charge in [-0.25, -0.2) is 0 Å². The third kappa shape index (κ3) is 2.33. The zero-order chi connectivity index (χ0) is 12.4. The number of carboxylic acids is 1. The van der Waals surface area contributed by atoms with Crippen molar-refractivity contribution < 1.29 is 23.1 Å². The molecule has 0 radical (unpaired) electrons. The molecule has 3 nitrogen and oxygen atoms in total. The van der Waals surface area contributed by atoms with E-state index in [2.05, 4.69) is 0 Å². The molecular weight excluding hydrogens is 223 g/mol. The number of aliphatic carboxylic acids is 1. The predicted octanol–water partition coefficient (Wildman–Crippen LogP) is 1.88. The molecule has 0 saturated carbocycles. The van der Waals surface area contributed by atoms with Crippen molar-refractivity contribution in [1.29, 1.82) is 0 Å². The van der Waals surface area contributed by atoms with E-state index in [-0.39, 0.29) is 5.56 Å². The summed E-state index contributed by atoms with van der Waals surface area (Å²) in [5.41, 5.74) is 2.09. The molecular formula is C10H10F3NO2. The summed E-state index contributed by atoms with van der Waals surface area (Å²) in [5, 5.41) is 8.49. The highest BCUT2D eigenvalue weighted by atomic mass is 19.4. The van der Waals surface area contributed by atoms with Crippen molar-refractivity contribution in [2.45, 2.75) is 18.1 Å². The fraction of sp³-hybridized carbons (Fsp3) is 0.300. The largest absolute Gasteiger partial charge is 0.481 e. The Morgan fingerprint density at radius 2 is 1.75 bits per heavy atom. The van der Waals surface area contributed by atoms with Gasteiger partial charge < -0.3 is 10.8 Å². The van der Waals surface area contributed by atoms with Crippen LogP contribution in [0.25, 0.3) is 0 Å². The van der Waals surface area contributed by atoms with Crippen molar-refractivity contribution >= 4 is 5.97 Å². The minimum Gasteiger partial charge on any atom is -0.481 e. The highest BCUT2D eigenvalue weighted by Gasteiger charge is 2.54. The molecule has 1 aromatic rings. The van der Waals surface area contributed by atoms with Crippen LogP contribution in [0.15, 0.2) is 30.3 Å². The molecule has 1 atom stereocenters. The van der Waals surface area contributed by atoms with Gasteiger partial charge in [0.1, 0.15) is 5.54 Å². The maximum absolute atomic E-state index is 12.8. The summed E-state index contributed by atoms with van der Waals surface area (Å²) in [6, 6.07) is 6.61. The van der Waals surface area contributed by atoms with E-state index in [4.69, 9.17) is 10.8 Å². The third-order valence-electron chi connectivity index (χ3n) is 2.22. The molecule has 3 N–H and O–H groups in total. The molecule has 1 rings (SSSR count). The smallest absolute Gasteiger partial charge is 0.411 e. The first-order valence-electron chi connectivity index (χ1n) is 4.40. The fourth-order valence-corrected chi connectivity index (χ4v) is 1.34. The van der Waals surface area contributed by atoms with Crippen molar-refractivity contribution in [2.75, 3.05) is 0 Å². The first-order valence-corrected chi connectivity index (χ1v) is 4.40. The minimum absolute atomic E-state index is 0.259. The average molecular weight is 233 g/mol. The molecule has 88 valence electrons. The summed E-state index contributed by atoms with van der Waals surface area (Å²) >= 11 is 0. The van der Waals surface area contributed by atoms with Crippen molar-refractivity contribution in [3.05, 3.63) is 35.9 Å². The van der Waals surface area contributed by atoms with Crippen molar-refractivity contribution in [2.24, 2.45) is 5.73 Å². The number of carboxylic acid groups (broad SMARTS) is 1. The molecule has 0 aliphatic heterocycles. The van der Waals surface area contributed by atoms with Gasteiger partial charge >= 0.3 is 12.1 Å². The molecule has 0 spiro atoms. The number of carbonyl (C=O) groups is 1. The second kappa shape index (κ2) is 4.13. The zero-order valence-corrected chi connectivity index (χ0v) is 8.16. The van der Waals surface area contributed by atoms with Crippen molar-refractivity contribution in [3.8, 4) is 0 Å². The quantitative estimate of drug-likeness (QED) is 0.837. The van der Waals surface area contributed by atoms with Crippen LogP contribution in [0.5, 0.6) is 0 Å². The van der Waals surface area contributed by atoms with Gasteiger partial charge in [-0.2, -0.15) is 13.2 Å². The third-order valence-corrected chi connectivity index (χ3v) is 2.22.